The first-order chi connectivity index (χ1) is 11.0. The van der Waals surface area contributed by atoms with E-state index in [1.165, 1.54) is 12.1 Å². The molecular formula is C16H20ClFN2O3. The fourth-order valence-electron chi connectivity index (χ4n) is 2.79. The second-order valence-corrected chi connectivity index (χ2v) is 6.15. The van der Waals surface area contributed by atoms with Gasteiger partial charge in [-0.05, 0) is 31.0 Å². The van der Waals surface area contributed by atoms with Gasteiger partial charge in [0.15, 0.2) is 0 Å². The smallest absolute Gasteiger partial charge is 0.313 e. The van der Waals surface area contributed by atoms with Crippen molar-refractivity contribution in [3.63, 3.8) is 0 Å². The first-order valence-electron chi connectivity index (χ1n) is 7.69. The van der Waals surface area contributed by atoms with Crippen LogP contribution in [0.1, 0.15) is 32.1 Å². The molecule has 1 aromatic carbocycles. The maximum atomic E-state index is 13.1. The van der Waals surface area contributed by atoms with Crippen LogP contribution in [0, 0.1) is 11.7 Å². The highest BCUT2D eigenvalue weighted by Gasteiger charge is 2.26. The number of nitrogens with one attached hydrogen (secondary N) is 2. The summed E-state index contributed by atoms with van der Waals surface area (Å²) in [6.45, 7) is -0.0138. The van der Waals surface area contributed by atoms with Gasteiger partial charge in [-0.2, -0.15) is 0 Å². The van der Waals surface area contributed by atoms with Crippen LogP contribution >= 0.6 is 11.6 Å². The zero-order valence-electron chi connectivity index (χ0n) is 12.6. The molecule has 3 N–H and O–H groups in total. The monoisotopic (exact) mass is 342 g/mol. The molecule has 7 heteroatoms. The van der Waals surface area contributed by atoms with Crippen molar-refractivity contribution in [2.24, 2.45) is 5.92 Å². The van der Waals surface area contributed by atoms with Crippen molar-refractivity contribution < 1.29 is 19.1 Å². The van der Waals surface area contributed by atoms with E-state index in [1.54, 1.807) is 0 Å². The number of benzene rings is 1. The lowest BCUT2D eigenvalue weighted by atomic mass is 9.95. The average Bonchev–Trinajstić information content (AvgIpc) is 2.75. The Kier molecular flexibility index (Phi) is 6.36. The summed E-state index contributed by atoms with van der Waals surface area (Å²) in [6.07, 6.45) is 4.60. The third-order valence-corrected chi connectivity index (χ3v) is 4.38. The van der Waals surface area contributed by atoms with Crippen LogP contribution in [0.2, 0.25) is 5.02 Å². The van der Waals surface area contributed by atoms with Crippen molar-refractivity contribution in [3.8, 4) is 0 Å². The molecule has 1 aliphatic rings. The van der Waals surface area contributed by atoms with E-state index in [0.29, 0.717) is 0 Å². The SMILES string of the molecule is O=C(Nc1ccc(F)c(Cl)c1)C(=O)NC1CCCCCC1CO. The number of carbonyl (C=O) groups excluding carboxylic acids is 2. The number of anilines is 1. The predicted octanol–water partition coefficient (Wildman–Crippen LogP) is 2.48. The molecule has 2 unspecified atom stereocenters. The van der Waals surface area contributed by atoms with Crippen LogP contribution < -0.4 is 10.6 Å². The summed E-state index contributed by atoms with van der Waals surface area (Å²) in [4.78, 5) is 24.0. The van der Waals surface area contributed by atoms with Crippen LogP contribution in [0.4, 0.5) is 10.1 Å². The molecule has 2 atom stereocenters. The molecule has 1 saturated carbocycles. The first-order valence-corrected chi connectivity index (χ1v) is 8.07. The van der Waals surface area contributed by atoms with Gasteiger partial charge in [-0.25, -0.2) is 4.39 Å². The molecule has 1 aliphatic carbocycles. The Balaban J connectivity index is 1.95. The minimum absolute atomic E-state index is 0.0138. The highest BCUT2D eigenvalue weighted by Crippen LogP contribution is 2.23. The van der Waals surface area contributed by atoms with Gasteiger partial charge in [-0.3, -0.25) is 9.59 Å². The number of amides is 2. The van der Waals surface area contributed by atoms with Crippen molar-refractivity contribution in [1.29, 1.82) is 0 Å². The molecule has 126 valence electrons. The molecule has 1 aromatic rings. The van der Waals surface area contributed by atoms with E-state index in [2.05, 4.69) is 10.6 Å². The second kappa shape index (κ2) is 8.26. The molecule has 0 spiro atoms. The highest BCUT2D eigenvalue weighted by atomic mass is 35.5. The Labute approximate surface area is 139 Å². The first kappa shape index (κ1) is 17.7. The summed E-state index contributed by atoms with van der Waals surface area (Å²) in [7, 11) is 0. The summed E-state index contributed by atoms with van der Waals surface area (Å²) in [5.74, 6) is -2.24. The molecule has 0 aromatic heterocycles. The van der Waals surface area contributed by atoms with Gasteiger partial charge in [0, 0.05) is 24.3 Å². The molecule has 2 rings (SSSR count). The molecule has 1 fully saturated rings. The molecule has 0 radical (unpaired) electrons. The number of aliphatic hydroxyl groups is 1. The minimum atomic E-state index is -0.839. The van der Waals surface area contributed by atoms with Crippen molar-refractivity contribution in [2.45, 2.75) is 38.1 Å². The molecule has 2 amide bonds. The normalized spacial score (nSPS) is 21.3. The van der Waals surface area contributed by atoms with E-state index >= 15 is 0 Å². The number of hydrogen-bond donors (Lipinski definition) is 3. The Hall–Kier alpha value is -1.66. The number of hydrogen-bond acceptors (Lipinski definition) is 3. The third kappa shape index (κ3) is 4.91. The number of halogens is 2. The van der Waals surface area contributed by atoms with E-state index in [-0.39, 0.29) is 29.3 Å². The molecule has 0 heterocycles. The molecule has 0 bridgehead atoms. The van der Waals surface area contributed by atoms with E-state index < -0.39 is 17.6 Å². The quantitative estimate of drug-likeness (QED) is 0.583. The maximum absolute atomic E-state index is 13.1. The highest BCUT2D eigenvalue weighted by molar-refractivity contribution is 6.40. The summed E-state index contributed by atoms with van der Waals surface area (Å²) in [6, 6.07) is 3.47. The topological polar surface area (TPSA) is 78.4 Å². The Morgan fingerprint density at radius 3 is 2.65 bits per heavy atom. The van der Waals surface area contributed by atoms with E-state index in [0.717, 1.165) is 38.2 Å². The van der Waals surface area contributed by atoms with Crippen LogP contribution in [0.25, 0.3) is 0 Å². The Morgan fingerprint density at radius 2 is 1.96 bits per heavy atom. The number of carbonyl (C=O) groups is 2. The summed E-state index contributed by atoms with van der Waals surface area (Å²) < 4.78 is 13.1. The third-order valence-electron chi connectivity index (χ3n) is 4.09. The van der Waals surface area contributed by atoms with Gasteiger partial charge < -0.3 is 15.7 Å². The predicted molar refractivity (Wildman–Crippen MR) is 85.6 cm³/mol. The van der Waals surface area contributed by atoms with Crippen LogP contribution in [0.15, 0.2) is 18.2 Å². The van der Waals surface area contributed by atoms with Gasteiger partial charge >= 0.3 is 11.8 Å². The lowest BCUT2D eigenvalue weighted by Gasteiger charge is -2.24. The summed E-state index contributed by atoms with van der Waals surface area (Å²) in [5.41, 5.74) is 0.246. The fourth-order valence-corrected chi connectivity index (χ4v) is 2.97. The van der Waals surface area contributed by atoms with Crippen LogP contribution in [-0.4, -0.2) is 29.6 Å². The largest absolute Gasteiger partial charge is 0.396 e. The van der Waals surface area contributed by atoms with Gasteiger partial charge in [0.05, 0.1) is 5.02 Å². The second-order valence-electron chi connectivity index (χ2n) is 5.74. The molecule has 0 aliphatic heterocycles. The number of aliphatic hydroxyl groups excluding tert-OH is 1. The van der Waals surface area contributed by atoms with Crippen molar-refractivity contribution in [1.82, 2.24) is 5.32 Å². The zero-order chi connectivity index (χ0) is 16.8. The zero-order valence-corrected chi connectivity index (χ0v) is 13.4. The lowest BCUT2D eigenvalue weighted by molar-refractivity contribution is -0.137. The van der Waals surface area contributed by atoms with Crippen LogP contribution in [0.3, 0.4) is 0 Å². The maximum Gasteiger partial charge on any atom is 0.313 e. The summed E-state index contributed by atoms with van der Waals surface area (Å²) >= 11 is 5.63. The van der Waals surface area contributed by atoms with Crippen molar-refractivity contribution >= 4 is 29.1 Å². The van der Waals surface area contributed by atoms with Gasteiger partial charge in [-0.15, -0.1) is 0 Å². The van der Waals surface area contributed by atoms with E-state index in [4.69, 9.17) is 11.6 Å². The molecular weight excluding hydrogens is 323 g/mol. The fraction of sp³-hybridized carbons (Fsp3) is 0.500. The van der Waals surface area contributed by atoms with Crippen molar-refractivity contribution in [2.75, 3.05) is 11.9 Å². The van der Waals surface area contributed by atoms with Crippen LogP contribution in [0.5, 0.6) is 0 Å². The number of rotatable bonds is 3. The molecule has 0 saturated heterocycles. The van der Waals surface area contributed by atoms with E-state index in [9.17, 15) is 19.1 Å². The Morgan fingerprint density at radius 1 is 1.22 bits per heavy atom. The Bertz CT molecular complexity index is 582. The lowest BCUT2D eigenvalue weighted by Crippen LogP contribution is -2.45. The van der Waals surface area contributed by atoms with Crippen molar-refractivity contribution in [3.05, 3.63) is 29.0 Å². The van der Waals surface area contributed by atoms with E-state index in [1.807, 2.05) is 0 Å². The average molecular weight is 343 g/mol. The van der Waals surface area contributed by atoms with Gasteiger partial charge in [0.1, 0.15) is 5.82 Å². The standard InChI is InChI=1S/C16H20ClFN2O3/c17-12-8-11(6-7-13(12)18)19-15(22)16(23)20-14-5-3-1-2-4-10(14)9-21/h6-8,10,14,21H,1-5,9H2,(H,19,22)(H,20,23). The molecule has 23 heavy (non-hydrogen) atoms. The minimum Gasteiger partial charge on any atom is -0.396 e. The van der Waals surface area contributed by atoms with Gasteiger partial charge in [-0.1, -0.05) is 30.9 Å². The molecule has 5 nitrogen and oxygen atoms in total. The summed E-state index contributed by atoms with van der Waals surface area (Å²) in [5, 5.41) is 14.4. The van der Waals surface area contributed by atoms with Crippen LogP contribution in [-0.2, 0) is 9.59 Å². The van der Waals surface area contributed by atoms with Gasteiger partial charge in [0.2, 0.25) is 0 Å². The van der Waals surface area contributed by atoms with Gasteiger partial charge in [0.25, 0.3) is 0 Å².